The number of rotatable bonds is 11. The Morgan fingerprint density at radius 1 is 0.778 bits per heavy atom. The van der Waals surface area contributed by atoms with E-state index in [1.807, 2.05) is 37.1 Å². The fraction of sp³-hybridized carbons (Fsp3) is 0.450. The fourth-order valence-corrected chi connectivity index (χ4v) is 7.98. The van der Waals surface area contributed by atoms with Crippen molar-refractivity contribution < 1.29 is 29.0 Å². The highest BCUT2D eigenvalue weighted by Crippen LogP contribution is 2.38. The third-order valence-electron chi connectivity index (χ3n) is 11.0. The number of aromatic amines is 2. The van der Waals surface area contributed by atoms with Gasteiger partial charge in [0.05, 0.1) is 43.0 Å². The maximum Gasteiger partial charge on any atom is 0.407 e. The molecule has 0 radical (unpaired) electrons. The van der Waals surface area contributed by atoms with Crippen LogP contribution in [0.4, 0.5) is 9.59 Å². The first-order chi connectivity index (χ1) is 26.0. The van der Waals surface area contributed by atoms with Crippen molar-refractivity contribution in [3.05, 3.63) is 72.6 Å². The van der Waals surface area contributed by atoms with Crippen LogP contribution in [0.5, 0.6) is 0 Å². The van der Waals surface area contributed by atoms with Crippen LogP contribution in [0.2, 0.25) is 0 Å². The lowest BCUT2D eigenvalue weighted by Crippen LogP contribution is -2.51. The molecule has 2 saturated heterocycles. The van der Waals surface area contributed by atoms with Gasteiger partial charge in [0.2, 0.25) is 11.8 Å². The second kappa shape index (κ2) is 15.4. The molecule has 4 heterocycles. The highest BCUT2D eigenvalue weighted by atomic mass is 16.5. The predicted octanol–water partition coefficient (Wildman–Crippen LogP) is 6.23. The summed E-state index contributed by atoms with van der Waals surface area (Å²) in [5.41, 5.74) is 5.75. The first kappa shape index (κ1) is 36.7. The summed E-state index contributed by atoms with van der Waals surface area (Å²) < 4.78 is 4.78. The zero-order valence-corrected chi connectivity index (χ0v) is 31.1. The van der Waals surface area contributed by atoms with Crippen LogP contribution in [0, 0.1) is 11.8 Å². The number of nitrogens with one attached hydrogen (secondary N) is 3. The SMILES string of the molecule is COC(=O)NC(C(=O)N1CCCC1c1ncc(-c2ccc(-c3ccc(-c4cnc([C@@H]5CCCN5C(=O)[C@H](C(C)C)N(C)C(=O)O)[nH]4)cc3)cc2)[nH]1)C1CC1. The number of ether oxygens (including phenoxy) is 1. The molecule has 1 saturated carbocycles. The van der Waals surface area contributed by atoms with Crippen LogP contribution in [0.1, 0.15) is 76.1 Å². The van der Waals surface area contributed by atoms with Crippen LogP contribution < -0.4 is 5.32 Å². The lowest BCUT2D eigenvalue weighted by molar-refractivity contribution is -0.138. The molecule has 3 fully saturated rings. The largest absolute Gasteiger partial charge is 0.465 e. The molecule has 284 valence electrons. The molecule has 0 bridgehead atoms. The van der Waals surface area contributed by atoms with Crippen molar-refractivity contribution in [2.75, 3.05) is 27.2 Å². The number of benzene rings is 2. The number of amides is 4. The van der Waals surface area contributed by atoms with Gasteiger partial charge in [0.1, 0.15) is 23.7 Å². The van der Waals surface area contributed by atoms with E-state index in [0.717, 1.165) is 82.9 Å². The predicted molar refractivity (Wildman–Crippen MR) is 201 cm³/mol. The van der Waals surface area contributed by atoms with E-state index in [4.69, 9.17) is 4.74 Å². The Morgan fingerprint density at radius 2 is 1.24 bits per heavy atom. The number of hydrogen-bond donors (Lipinski definition) is 4. The summed E-state index contributed by atoms with van der Waals surface area (Å²) in [5, 5.41) is 12.3. The number of hydrogen-bond acceptors (Lipinski definition) is 7. The van der Waals surface area contributed by atoms with Gasteiger partial charge < -0.3 is 34.9 Å². The zero-order chi connectivity index (χ0) is 38.1. The third kappa shape index (κ3) is 7.42. The first-order valence-corrected chi connectivity index (χ1v) is 18.8. The van der Waals surface area contributed by atoms with Crippen molar-refractivity contribution in [2.24, 2.45) is 11.8 Å². The Morgan fingerprint density at radius 3 is 1.67 bits per heavy atom. The smallest absolute Gasteiger partial charge is 0.407 e. The van der Waals surface area contributed by atoms with Crippen molar-refractivity contribution in [1.82, 2.24) is 40.0 Å². The molecule has 3 aliphatic rings. The molecule has 4 aromatic rings. The second-order valence-corrected chi connectivity index (χ2v) is 14.9. The zero-order valence-electron chi connectivity index (χ0n) is 31.1. The highest BCUT2D eigenvalue weighted by molar-refractivity contribution is 5.87. The minimum atomic E-state index is -1.12. The molecule has 2 aliphatic heterocycles. The number of aromatic nitrogens is 4. The van der Waals surface area contributed by atoms with Gasteiger partial charge in [-0.15, -0.1) is 0 Å². The van der Waals surface area contributed by atoms with Crippen molar-refractivity contribution in [3.8, 4) is 33.6 Å². The van der Waals surface area contributed by atoms with Crippen LogP contribution >= 0.6 is 0 Å². The summed E-state index contributed by atoms with van der Waals surface area (Å²) in [5.74, 6) is 1.13. The maximum atomic E-state index is 13.6. The summed E-state index contributed by atoms with van der Waals surface area (Å²) in [6.45, 7) is 4.90. The number of alkyl carbamates (subject to hydrolysis) is 1. The number of imidazole rings is 2. The summed E-state index contributed by atoms with van der Waals surface area (Å²) in [7, 11) is 2.75. The Hall–Kier alpha value is -5.66. The van der Waals surface area contributed by atoms with Crippen molar-refractivity contribution >= 4 is 24.0 Å². The summed E-state index contributed by atoms with van der Waals surface area (Å²) in [4.78, 5) is 71.7. The normalized spacial score (nSPS) is 19.5. The number of likely N-dealkylation sites (tertiary alicyclic amines) is 2. The van der Waals surface area contributed by atoms with Gasteiger partial charge in [-0.05, 0) is 72.6 Å². The quantitative estimate of drug-likeness (QED) is 0.140. The summed E-state index contributed by atoms with van der Waals surface area (Å²) in [6, 6.07) is 14.7. The lowest BCUT2D eigenvalue weighted by atomic mass is 10.0. The van der Waals surface area contributed by atoms with Gasteiger partial charge in [0.25, 0.3) is 0 Å². The molecule has 0 spiro atoms. The fourth-order valence-electron chi connectivity index (χ4n) is 7.98. The number of carbonyl (C=O) groups is 4. The second-order valence-electron chi connectivity index (χ2n) is 14.9. The van der Waals surface area contributed by atoms with Crippen LogP contribution in [-0.4, -0.2) is 103 Å². The minimum absolute atomic E-state index is 0.0819. The molecule has 4 N–H and O–H groups in total. The topological polar surface area (TPSA) is 177 Å². The van der Waals surface area contributed by atoms with E-state index in [1.165, 1.54) is 14.2 Å². The maximum absolute atomic E-state index is 13.6. The number of carbonyl (C=O) groups excluding carboxylic acids is 3. The number of likely N-dealkylation sites (N-methyl/N-ethyl adjacent to an activating group) is 1. The molecule has 14 heteroatoms. The molecule has 14 nitrogen and oxygen atoms in total. The van der Waals surface area contributed by atoms with Gasteiger partial charge >= 0.3 is 12.2 Å². The molecule has 7 rings (SSSR count). The van der Waals surface area contributed by atoms with E-state index in [9.17, 15) is 24.3 Å². The first-order valence-electron chi connectivity index (χ1n) is 18.8. The Labute approximate surface area is 314 Å². The van der Waals surface area contributed by atoms with E-state index in [0.29, 0.717) is 18.9 Å². The van der Waals surface area contributed by atoms with Crippen molar-refractivity contribution in [3.63, 3.8) is 0 Å². The van der Waals surface area contributed by atoms with Crippen LogP contribution in [0.3, 0.4) is 0 Å². The van der Waals surface area contributed by atoms with Crippen LogP contribution in [0.25, 0.3) is 33.6 Å². The lowest BCUT2D eigenvalue weighted by Gasteiger charge is -2.33. The standard InChI is InChI=1S/C40H48N8O6/c1-23(2)34(46(3)40(52)53)38(50)48-20-6-8-32(48)36-42-22-30(44-36)27-15-11-25(12-16-27)24-9-13-26(14-10-24)29-21-41-35(43-29)31-7-5-19-47(31)37(49)33(28-17-18-28)45-39(51)54-4/h9-16,21-23,28,31-34H,5-8,17-20H2,1-4H3,(H,41,43)(H,42,44)(H,45,51)(H,52,53)/t31?,32-,33?,34-/m0/s1. The minimum Gasteiger partial charge on any atom is -0.465 e. The van der Waals surface area contributed by atoms with E-state index >= 15 is 0 Å². The van der Waals surface area contributed by atoms with Crippen molar-refractivity contribution in [1.29, 1.82) is 0 Å². The van der Waals surface area contributed by atoms with Gasteiger partial charge in [-0.1, -0.05) is 62.4 Å². The van der Waals surface area contributed by atoms with Crippen molar-refractivity contribution in [2.45, 2.75) is 76.5 Å². The molecular weight excluding hydrogens is 688 g/mol. The Bertz CT molecular complexity index is 1990. The molecule has 2 aromatic carbocycles. The van der Waals surface area contributed by atoms with Crippen LogP contribution in [0.15, 0.2) is 60.9 Å². The number of methoxy groups -OCH3 is 1. The number of nitrogens with zero attached hydrogens (tertiary/aromatic N) is 5. The van der Waals surface area contributed by atoms with Gasteiger partial charge in [-0.3, -0.25) is 14.5 Å². The molecule has 1 aliphatic carbocycles. The van der Waals surface area contributed by atoms with E-state index in [2.05, 4.69) is 61.7 Å². The Kier molecular flexibility index (Phi) is 10.4. The third-order valence-corrected chi connectivity index (χ3v) is 11.0. The van der Waals surface area contributed by atoms with E-state index in [1.54, 1.807) is 11.1 Å². The number of H-pyrrole nitrogens is 2. The molecule has 4 amide bonds. The Balaban J connectivity index is 1.00. The molecule has 54 heavy (non-hydrogen) atoms. The highest BCUT2D eigenvalue weighted by Gasteiger charge is 2.43. The van der Waals surface area contributed by atoms with Gasteiger partial charge in [-0.25, -0.2) is 19.6 Å². The average Bonchev–Trinajstić information content (AvgIpc) is 3.65. The van der Waals surface area contributed by atoms with Crippen LogP contribution in [-0.2, 0) is 14.3 Å². The van der Waals surface area contributed by atoms with Gasteiger partial charge in [-0.2, -0.15) is 0 Å². The summed E-state index contributed by atoms with van der Waals surface area (Å²) in [6.07, 6.45) is 6.95. The van der Waals surface area contributed by atoms with E-state index in [-0.39, 0.29) is 35.7 Å². The van der Waals surface area contributed by atoms with Gasteiger partial charge in [0.15, 0.2) is 0 Å². The van der Waals surface area contributed by atoms with Gasteiger partial charge in [0, 0.05) is 20.1 Å². The monoisotopic (exact) mass is 736 g/mol. The number of carboxylic acid groups (broad SMARTS) is 1. The average molecular weight is 737 g/mol. The van der Waals surface area contributed by atoms with E-state index < -0.39 is 24.3 Å². The molecule has 2 aromatic heterocycles. The molecule has 4 atom stereocenters. The molecule has 2 unspecified atom stereocenters. The molecular formula is C40H48N8O6. The summed E-state index contributed by atoms with van der Waals surface area (Å²) >= 11 is 0.